The molecule has 0 N–H and O–H groups in total. The van der Waals surface area contributed by atoms with Crippen molar-refractivity contribution in [2.45, 2.75) is 25.6 Å². The van der Waals surface area contributed by atoms with E-state index < -0.39 is 0 Å². The predicted molar refractivity (Wildman–Crippen MR) is 56.8 cm³/mol. The third kappa shape index (κ3) is 3.15. The number of ether oxygens (including phenoxy) is 2. The zero-order chi connectivity index (χ0) is 11.4. The maximum Gasteiger partial charge on any atom is 0.164 e. The van der Waals surface area contributed by atoms with Gasteiger partial charge in [0.1, 0.15) is 5.78 Å². The number of hydrogen-bond acceptors (Lipinski definition) is 4. The van der Waals surface area contributed by atoms with Crippen LogP contribution < -0.4 is 0 Å². The second-order valence-corrected chi connectivity index (χ2v) is 3.94. The molecule has 0 atom stereocenters. The maximum absolute atomic E-state index is 11.6. The summed E-state index contributed by atoms with van der Waals surface area (Å²) in [7, 11) is 1.87. The van der Waals surface area contributed by atoms with E-state index in [0.29, 0.717) is 26.1 Å². The zero-order valence-electron chi connectivity index (χ0n) is 9.39. The Balaban J connectivity index is 1.71. The third-order valence-corrected chi connectivity index (χ3v) is 2.54. The van der Waals surface area contributed by atoms with Gasteiger partial charge in [0.15, 0.2) is 6.29 Å². The van der Waals surface area contributed by atoms with Crippen LogP contribution in [0.1, 0.15) is 18.4 Å². The highest BCUT2D eigenvalue weighted by Gasteiger charge is 2.19. The average molecular weight is 224 g/mol. The van der Waals surface area contributed by atoms with Crippen molar-refractivity contribution in [2.24, 2.45) is 7.05 Å². The lowest BCUT2D eigenvalue weighted by molar-refractivity contribution is -0.127. The Morgan fingerprint density at radius 2 is 2.31 bits per heavy atom. The summed E-state index contributed by atoms with van der Waals surface area (Å²) in [6.07, 6.45) is 5.02. The van der Waals surface area contributed by atoms with Crippen molar-refractivity contribution in [3.05, 3.63) is 18.0 Å². The highest BCUT2D eigenvalue weighted by molar-refractivity contribution is 5.78. The molecule has 1 aliphatic rings. The monoisotopic (exact) mass is 224 g/mol. The largest absolute Gasteiger partial charge is 0.350 e. The van der Waals surface area contributed by atoms with Crippen LogP contribution in [-0.4, -0.2) is 35.1 Å². The number of carbonyl (C=O) groups is 1. The fourth-order valence-electron chi connectivity index (χ4n) is 1.70. The molecular weight excluding hydrogens is 208 g/mol. The van der Waals surface area contributed by atoms with Gasteiger partial charge in [-0.15, -0.1) is 0 Å². The molecule has 2 rings (SSSR count). The highest BCUT2D eigenvalue weighted by atomic mass is 16.7. The number of aryl methyl sites for hydroxylation is 2. The second kappa shape index (κ2) is 5.23. The molecule has 0 spiro atoms. The van der Waals surface area contributed by atoms with Crippen LogP contribution in [0.2, 0.25) is 0 Å². The quantitative estimate of drug-likeness (QED) is 0.738. The predicted octanol–water partition coefficient (Wildman–Crippen LogP) is 0.685. The Morgan fingerprint density at radius 1 is 1.56 bits per heavy atom. The van der Waals surface area contributed by atoms with Crippen LogP contribution in [-0.2, 0) is 27.7 Å². The minimum atomic E-state index is -0.318. The summed E-state index contributed by atoms with van der Waals surface area (Å²) in [6, 6.07) is 0. The standard InChI is InChI=1S/C11H16N2O3/c1-13-8-9(7-12-13)2-3-10(14)6-11-15-4-5-16-11/h7-8,11H,2-6H2,1H3. The summed E-state index contributed by atoms with van der Waals surface area (Å²) in [5, 5.41) is 4.05. The van der Waals surface area contributed by atoms with Crippen LogP contribution in [0.25, 0.3) is 0 Å². The lowest BCUT2D eigenvalue weighted by Crippen LogP contribution is -2.14. The third-order valence-electron chi connectivity index (χ3n) is 2.54. The van der Waals surface area contributed by atoms with Crippen LogP contribution in [0.15, 0.2) is 12.4 Å². The van der Waals surface area contributed by atoms with E-state index >= 15 is 0 Å². The Bertz CT molecular complexity index is 356. The molecule has 0 bridgehead atoms. The van der Waals surface area contributed by atoms with Gasteiger partial charge in [0.25, 0.3) is 0 Å². The van der Waals surface area contributed by atoms with Gasteiger partial charge in [-0.2, -0.15) is 5.10 Å². The van der Waals surface area contributed by atoms with Crippen LogP contribution in [0.4, 0.5) is 0 Å². The topological polar surface area (TPSA) is 53.4 Å². The maximum atomic E-state index is 11.6. The number of rotatable bonds is 5. The van der Waals surface area contributed by atoms with Gasteiger partial charge in [0.2, 0.25) is 0 Å². The summed E-state index contributed by atoms with van der Waals surface area (Å²) in [6.45, 7) is 1.20. The van der Waals surface area contributed by atoms with Crippen LogP contribution in [0.5, 0.6) is 0 Å². The van der Waals surface area contributed by atoms with Crippen molar-refractivity contribution in [1.29, 1.82) is 0 Å². The lowest BCUT2D eigenvalue weighted by Gasteiger charge is -2.06. The molecule has 1 aromatic heterocycles. The van der Waals surface area contributed by atoms with E-state index in [1.54, 1.807) is 10.9 Å². The summed E-state index contributed by atoms with van der Waals surface area (Å²) in [4.78, 5) is 11.6. The van der Waals surface area contributed by atoms with Gasteiger partial charge in [-0.1, -0.05) is 0 Å². The van der Waals surface area contributed by atoms with Gasteiger partial charge in [0.05, 0.1) is 25.8 Å². The molecule has 0 radical (unpaired) electrons. The van der Waals surface area contributed by atoms with Gasteiger partial charge in [-0.25, -0.2) is 0 Å². The molecule has 0 saturated carbocycles. The lowest BCUT2D eigenvalue weighted by atomic mass is 10.1. The Morgan fingerprint density at radius 3 is 2.94 bits per heavy atom. The molecule has 1 aromatic rings. The van der Waals surface area contributed by atoms with Crippen LogP contribution in [0, 0.1) is 0 Å². The van der Waals surface area contributed by atoms with Crippen molar-refractivity contribution in [3.63, 3.8) is 0 Å². The molecule has 0 unspecified atom stereocenters. The van der Waals surface area contributed by atoms with Gasteiger partial charge in [0, 0.05) is 19.7 Å². The minimum absolute atomic E-state index is 0.177. The number of nitrogens with zero attached hydrogens (tertiary/aromatic N) is 2. The van der Waals surface area contributed by atoms with Gasteiger partial charge >= 0.3 is 0 Å². The van der Waals surface area contributed by atoms with Crippen molar-refractivity contribution in [3.8, 4) is 0 Å². The SMILES string of the molecule is Cn1cc(CCC(=O)CC2OCCO2)cn1. The molecule has 1 aliphatic heterocycles. The van der Waals surface area contributed by atoms with Crippen LogP contribution in [0.3, 0.4) is 0 Å². The average Bonchev–Trinajstić information content (AvgIpc) is 2.87. The highest BCUT2D eigenvalue weighted by Crippen LogP contribution is 2.11. The number of Topliss-reactive ketones (excluding diaryl/α,β-unsaturated/α-hetero) is 1. The first-order chi connectivity index (χ1) is 7.74. The second-order valence-electron chi connectivity index (χ2n) is 3.94. The van der Waals surface area contributed by atoms with Gasteiger partial charge < -0.3 is 9.47 Å². The molecule has 2 heterocycles. The fraction of sp³-hybridized carbons (Fsp3) is 0.636. The van der Waals surface area contributed by atoms with Crippen molar-refractivity contribution < 1.29 is 14.3 Å². The minimum Gasteiger partial charge on any atom is -0.350 e. The molecule has 0 aromatic carbocycles. The normalized spacial score (nSPS) is 16.8. The summed E-state index contributed by atoms with van der Waals surface area (Å²) < 4.78 is 12.2. The van der Waals surface area contributed by atoms with E-state index in [-0.39, 0.29) is 12.1 Å². The summed E-state index contributed by atoms with van der Waals surface area (Å²) in [5.74, 6) is 0.177. The van der Waals surface area contributed by atoms with E-state index in [0.717, 1.165) is 12.0 Å². The molecule has 1 fully saturated rings. The smallest absolute Gasteiger partial charge is 0.164 e. The van der Waals surface area contributed by atoms with Crippen molar-refractivity contribution >= 4 is 5.78 Å². The van der Waals surface area contributed by atoms with E-state index in [2.05, 4.69) is 5.10 Å². The molecule has 16 heavy (non-hydrogen) atoms. The zero-order valence-corrected chi connectivity index (χ0v) is 9.39. The molecule has 0 aliphatic carbocycles. The Kier molecular flexibility index (Phi) is 3.69. The molecule has 1 saturated heterocycles. The number of carbonyl (C=O) groups excluding carboxylic acids is 1. The number of ketones is 1. The van der Waals surface area contributed by atoms with E-state index in [1.807, 2.05) is 13.2 Å². The number of aromatic nitrogens is 2. The van der Waals surface area contributed by atoms with Gasteiger partial charge in [-0.05, 0) is 12.0 Å². The molecule has 0 amide bonds. The van der Waals surface area contributed by atoms with Gasteiger partial charge in [-0.3, -0.25) is 9.48 Å². The Labute approximate surface area is 94.3 Å². The Hall–Kier alpha value is -1.20. The van der Waals surface area contributed by atoms with Crippen molar-refractivity contribution in [2.75, 3.05) is 13.2 Å². The van der Waals surface area contributed by atoms with E-state index in [1.165, 1.54) is 0 Å². The fourth-order valence-corrected chi connectivity index (χ4v) is 1.70. The first-order valence-electron chi connectivity index (χ1n) is 5.46. The first kappa shape index (κ1) is 11.3. The molecule has 88 valence electrons. The summed E-state index contributed by atoms with van der Waals surface area (Å²) in [5.41, 5.74) is 1.09. The number of hydrogen-bond donors (Lipinski definition) is 0. The van der Waals surface area contributed by atoms with E-state index in [9.17, 15) is 4.79 Å². The van der Waals surface area contributed by atoms with E-state index in [4.69, 9.17) is 9.47 Å². The first-order valence-corrected chi connectivity index (χ1v) is 5.46. The molecule has 5 heteroatoms. The summed E-state index contributed by atoms with van der Waals surface area (Å²) >= 11 is 0. The molecule has 5 nitrogen and oxygen atoms in total. The van der Waals surface area contributed by atoms with Crippen LogP contribution >= 0.6 is 0 Å². The molecular formula is C11H16N2O3. The van der Waals surface area contributed by atoms with Crippen molar-refractivity contribution in [1.82, 2.24) is 9.78 Å².